The number of amidine groups is 1. The van der Waals surface area contributed by atoms with Crippen molar-refractivity contribution in [3.05, 3.63) is 95.1 Å². The van der Waals surface area contributed by atoms with Crippen molar-refractivity contribution >= 4 is 34.4 Å². The van der Waals surface area contributed by atoms with E-state index in [2.05, 4.69) is 44.1 Å². The van der Waals surface area contributed by atoms with Crippen molar-refractivity contribution in [1.82, 2.24) is 14.5 Å². The minimum absolute atomic E-state index is 0.0468. The molecule has 2 aromatic carbocycles. The first-order valence-electron chi connectivity index (χ1n) is 12.6. The second-order valence-electron chi connectivity index (χ2n) is 9.16. The third kappa shape index (κ3) is 5.81. The van der Waals surface area contributed by atoms with E-state index in [1.165, 1.54) is 0 Å². The number of nitrogens with one attached hydrogen (secondary N) is 2. The van der Waals surface area contributed by atoms with E-state index < -0.39 is 12.1 Å². The number of benzene rings is 2. The van der Waals surface area contributed by atoms with Gasteiger partial charge in [-0.2, -0.15) is 0 Å². The van der Waals surface area contributed by atoms with Gasteiger partial charge in [0, 0.05) is 41.9 Å². The lowest BCUT2D eigenvalue weighted by atomic mass is 10.1. The summed E-state index contributed by atoms with van der Waals surface area (Å²) in [5.74, 6) is 3.53. The summed E-state index contributed by atoms with van der Waals surface area (Å²) in [5, 5.41) is 14.9. The zero-order valence-corrected chi connectivity index (χ0v) is 21.7. The highest BCUT2D eigenvalue weighted by Gasteiger charge is 2.33. The fourth-order valence-corrected chi connectivity index (χ4v) is 4.30. The van der Waals surface area contributed by atoms with Crippen LogP contribution in [0.4, 0.5) is 5.69 Å². The van der Waals surface area contributed by atoms with Crippen molar-refractivity contribution in [2.24, 2.45) is 17.9 Å². The third-order valence-electron chi connectivity index (χ3n) is 6.54. The van der Waals surface area contributed by atoms with Crippen LogP contribution in [0.5, 0.6) is 0 Å². The molecule has 0 spiro atoms. The molecular formula is C29H29N7O3. The normalized spacial score (nSPS) is 14.8. The summed E-state index contributed by atoms with van der Waals surface area (Å²) >= 11 is 0. The third-order valence-corrected chi connectivity index (χ3v) is 6.54. The maximum absolute atomic E-state index is 12.3. The molecule has 0 saturated heterocycles. The molecule has 4 aromatic rings. The fourth-order valence-electron chi connectivity index (χ4n) is 4.30. The van der Waals surface area contributed by atoms with Crippen molar-refractivity contribution in [2.75, 3.05) is 11.9 Å². The number of anilines is 1. The minimum atomic E-state index is -1.04. The van der Waals surface area contributed by atoms with Crippen LogP contribution in [-0.2, 0) is 28.0 Å². The minimum Gasteiger partial charge on any atom is -0.463 e. The number of nitrogens with zero attached hydrogens (tertiary/aromatic N) is 4. The molecule has 2 aromatic heterocycles. The fraction of sp³-hybridized carbons (Fsp3) is 0.241. The van der Waals surface area contributed by atoms with Crippen molar-refractivity contribution in [1.29, 1.82) is 5.41 Å². The van der Waals surface area contributed by atoms with Crippen LogP contribution < -0.4 is 11.1 Å². The van der Waals surface area contributed by atoms with Crippen LogP contribution in [0.1, 0.15) is 48.0 Å². The Morgan fingerprint density at radius 2 is 2.08 bits per heavy atom. The number of rotatable bonds is 10. The molecule has 0 radical (unpaired) electrons. The van der Waals surface area contributed by atoms with E-state index >= 15 is 0 Å². The molecule has 39 heavy (non-hydrogen) atoms. The first-order chi connectivity index (χ1) is 18.9. The van der Waals surface area contributed by atoms with Crippen molar-refractivity contribution in [2.45, 2.75) is 31.9 Å². The lowest BCUT2D eigenvalue weighted by Crippen LogP contribution is -2.18. The number of aromatic nitrogens is 3. The largest absolute Gasteiger partial charge is 0.463 e. The van der Waals surface area contributed by atoms with Crippen LogP contribution in [0.3, 0.4) is 0 Å². The van der Waals surface area contributed by atoms with E-state index in [9.17, 15) is 4.79 Å². The van der Waals surface area contributed by atoms with Gasteiger partial charge in [-0.3, -0.25) is 10.4 Å². The summed E-state index contributed by atoms with van der Waals surface area (Å²) in [5.41, 5.74) is 11.6. The van der Waals surface area contributed by atoms with Gasteiger partial charge in [0.25, 0.3) is 6.10 Å². The molecule has 2 unspecified atom stereocenters. The van der Waals surface area contributed by atoms with Crippen molar-refractivity contribution in [3.8, 4) is 0 Å². The number of aryl methyl sites for hydroxylation is 1. The van der Waals surface area contributed by atoms with Gasteiger partial charge < -0.3 is 25.2 Å². The maximum Gasteiger partial charge on any atom is 0.356 e. The summed E-state index contributed by atoms with van der Waals surface area (Å²) in [6.45, 7) is 2.53. The molecule has 10 heteroatoms. The second-order valence-corrected chi connectivity index (χ2v) is 9.16. The van der Waals surface area contributed by atoms with E-state index in [1.807, 2.05) is 31.3 Å². The zero-order chi connectivity index (χ0) is 27.4. The number of carbonyl (C=O) groups excluding carboxylic acids is 1. The molecule has 2 heterocycles. The van der Waals surface area contributed by atoms with Gasteiger partial charge >= 0.3 is 5.97 Å². The van der Waals surface area contributed by atoms with E-state index in [-0.39, 0.29) is 18.4 Å². The predicted octanol–water partition coefficient (Wildman–Crippen LogP) is 4.18. The molecule has 0 bridgehead atoms. The number of carbonyl (C=O) groups is 1. The molecule has 198 valence electrons. The highest BCUT2D eigenvalue weighted by atomic mass is 16.7. The van der Waals surface area contributed by atoms with Gasteiger partial charge in [-0.15, -0.1) is 0 Å². The van der Waals surface area contributed by atoms with Gasteiger partial charge in [-0.05, 0) is 72.6 Å². The molecule has 1 fully saturated rings. The molecule has 10 nitrogen and oxygen atoms in total. The first-order valence-corrected chi connectivity index (χ1v) is 12.6. The van der Waals surface area contributed by atoms with Crippen LogP contribution in [0.2, 0.25) is 0 Å². The molecule has 1 aliphatic carbocycles. The van der Waals surface area contributed by atoms with E-state index in [1.54, 1.807) is 31.3 Å². The standard InChI is InChI=1S/C29H29N7O3/c1-3-38-29(37)27(23-6-4-5-13-32-23)39-34-16-20-14-22(20)19-9-12-25-24(15-19)35-26(36(25)2)17-33-21-10-7-18(8-11-21)28(30)31/h4-13,15,22,27,33H,3,14,17H2,1-2H3,(H3,30,31). The molecule has 4 N–H and O–H groups in total. The SMILES string of the molecule is CCOC(=O)C(ON=C=C1CC1c1ccc2c(c1)nc(CNc1ccc(C(=N)N)cc1)n2C)c1ccccn1. The van der Waals surface area contributed by atoms with Crippen LogP contribution in [0, 0.1) is 5.41 Å². The Morgan fingerprint density at radius 3 is 2.79 bits per heavy atom. The van der Waals surface area contributed by atoms with Gasteiger partial charge in [0.15, 0.2) is 0 Å². The smallest absolute Gasteiger partial charge is 0.356 e. The Labute approximate surface area is 225 Å². The molecule has 2 atom stereocenters. The average molecular weight is 524 g/mol. The number of nitrogen functional groups attached to an aromatic ring is 1. The second kappa shape index (κ2) is 11.2. The Balaban J connectivity index is 1.26. The number of hydrogen-bond acceptors (Lipinski definition) is 8. The summed E-state index contributed by atoms with van der Waals surface area (Å²) in [6.07, 6.45) is 1.36. The monoisotopic (exact) mass is 523 g/mol. The van der Waals surface area contributed by atoms with Gasteiger partial charge in [-0.25, -0.2) is 9.78 Å². The van der Waals surface area contributed by atoms with Crippen LogP contribution in [0.25, 0.3) is 11.0 Å². The lowest BCUT2D eigenvalue weighted by Gasteiger charge is -2.11. The van der Waals surface area contributed by atoms with Gasteiger partial charge in [0.2, 0.25) is 0 Å². The number of nitrogens with two attached hydrogens (primary N) is 1. The number of allylic oxidation sites excluding steroid dienone is 1. The molecular weight excluding hydrogens is 494 g/mol. The topological polar surface area (TPSA) is 140 Å². The van der Waals surface area contributed by atoms with E-state index in [0.29, 0.717) is 17.8 Å². The van der Waals surface area contributed by atoms with Crippen molar-refractivity contribution < 1.29 is 14.4 Å². The molecule has 0 amide bonds. The number of hydrogen-bond donors (Lipinski definition) is 3. The van der Waals surface area contributed by atoms with E-state index in [4.69, 9.17) is 25.7 Å². The van der Waals surface area contributed by atoms with E-state index in [0.717, 1.165) is 40.1 Å². The molecule has 5 rings (SSSR count). The Hall–Kier alpha value is -4.95. The number of imidazole rings is 1. The molecule has 0 aliphatic heterocycles. The highest BCUT2D eigenvalue weighted by molar-refractivity contribution is 5.95. The quantitative estimate of drug-likeness (QED) is 0.123. The van der Waals surface area contributed by atoms with Gasteiger partial charge in [0.05, 0.1) is 29.9 Å². The van der Waals surface area contributed by atoms with Crippen LogP contribution >= 0.6 is 0 Å². The van der Waals surface area contributed by atoms with Crippen molar-refractivity contribution in [3.63, 3.8) is 0 Å². The van der Waals surface area contributed by atoms with Gasteiger partial charge in [-0.1, -0.05) is 12.1 Å². The average Bonchev–Trinajstić information content (AvgIpc) is 3.66. The molecule has 1 aliphatic rings. The summed E-state index contributed by atoms with van der Waals surface area (Å²) in [4.78, 5) is 26.8. The molecule has 1 saturated carbocycles. The highest BCUT2D eigenvalue weighted by Crippen LogP contribution is 2.45. The lowest BCUT2D eigenvalue weighted by molar-refractivity contribution is -0.157. The summed E-state index contributed by atoms with van der Waals surface area (Å²) in [6, 6.07) is 18.9. The Kier molecular flexibility index (Phi) is 7.38. The number of pyridine rings is 1. The number of fused-ring (bicyclic) bond motifs is 1. The predicted molar refractivity (Wildman–Crippen MR) is 149 cm³/mol. The zero-order valence-electron chi connectivity index (χ0n) is 21.7. The van der Waals surface area contributed by atoms with Crippen LogP contribution in [0.15, 0.2) is 77.6 Å². The van der Waals surface area contributed by atoms with Crippen LogP contribution in [-0.4, -0.2) is 38.8 Å². The number of ether oxygens (including phenoxy) is 1. The Bertz CT molecular complexity index is 1570. The summed E-state index contributed by atoms with van der Waals surface area (Å²) in [7, 11) is 2.00. The van der Waals surface area contributed by atoms with Gasteiger partial charge in [0.1, 0.15) is 11.7 Å². The first kappa shape index (κ1) is 25.7. The maximum atomic E-state index is 12.3. The number of esters is 1. The Morgan fingerprint density at radius 1 is 1.26 bits per heavy atom. The summed E-state index contributed by atoms with van der Waals surface area (Å²) < 4.78 is 7.18.